The Balaban J connectivity index is 2.22. The Labute approximate surface area is 119 Å². The number of anilines is 1. The summed E-state index contributed by atoms with van der Waals surface area (Å²) >= 11 is 0. The second-order valence-electron chi connectivity index (χ2n) is 5.67. The van der Waals surface area contributed by atoms with Crippen LogP contribution in [-0.4, -0.2) is 10.1 Å². The fourth-order valence-electron chi connectivity index (χ4n) is 3.16. The van der Waals surface area contributed by atoms with Gasteiger partial charge < -0.3 is 10.8 Å². The zero-order valence-electron chi connectivity index (χ0n) is 11.8. The predicted octanol–water partition coefficient (Wildman–Crippen LogP) is 2.93. The molecule has 1 aliphatic carbocycles. The lowest BCUT2D eigenvalue weighted by atomic mass is 9.81. The lowest BCUT2D eigenvalue weighted by Crippen LogP contribution is -2.29. The van der Waals surface area contributed by atoms with Crippen LogP contribution in [0.1, 0.15) is 41.5 Å². The molecule has 1 aliphatic rings. The first-order chi connectivity index (χ1) is 9.61. The van der Waals surface area contributed by atoms with Gasteiger partial charge in [-0.1, -0.05) is 24.3 Å². The molecule has 104 valence electrons. The van der Waals surface area contributed by atoms with Crippen molar-refractivity contribution in [2.24, 2.45) is 0 Å². The Kier molecular flexibility index (Phi) is 3.22. The number of pyridine rings is 1. The number of hydrogen-bond acceptors (Lipinski definition) is 3. The number of benzene rings is 1. The molecule has 20 heavy (non-hydrogen) atoms. The summed E-state index contributed by atoms with van der Waals surface area (Å²) in [6.45, 7) is 1.97. The van der Waals surface area contributed by atoms with E-state index in [1.165, 1.54) is 5.56 Å². The highest BCUT2D eigenvalue weighted by molar-refractivity contribution is 5.51. The van der Waals surface area contributed by atoms with Crippen LogP contribution in [0, 0.1) is 6.92 Å². The lowest BCUT2D eigenvalue weighted by molar-refractivity contribution is 0.0709. The van der Waals surface area contributed by atoms with Crippen LogP contribution in [0.25, 0.3) is 0 Å². The molecule has 2 aromatic rings. The molecule has 1 unspecified atom stereocenters. The van der Waals surface area contributed by atoms with Crippen LogP contribution in [0.3, 0.4) is 0 Å². The summed E-state index contributed by atoms with van der Waals surface area (Å²) in [5.41, 5.74) is 8.98. The first kappa shape index (κ1) is 13.1. The third-order valence-corrected chi connectivity index (χ3v) is 4.20. The van der Waals surface area contributed by atoms with Crippen LogP contribution < -0.4 is 5.73 Å². The van der Waals surface area contributed by atoms with E-state index < -0.39 is 5.60 Å². The lowest BCUT2D eigenvalue weighted by Gasteiger charge is -2.30. The van der Waals surface area contributed by atoms with E-state index in [4.69, 9.17) is 5.73 Å². The molecular weight excluding hydrogens is 248 g/mol. The average Bonchev–Trinajstić information content (AvgIpc) is 2.62. The number of fused-ring (bicyclic) bond motifs is 1. The van der Waals surface area contributed by atoms with Crippen molar-refractivity contribution in [1.82, 2.24) is 4.98 Å². The van der Waals surface area contributed by atoms with Gasteiger partial charge in [-0.25, -0.2) is 4.98 Å². The van der Waals surface area contributed by atoms with Gasteiger partial charge in [0.25, 0.3) is 0 Å². The molecule has 0 fully saturated rings. The standard InChI is InChI=1S/C17H20N2O/c1-12-10-15(16(18)19-11-12)17(20)9-5-4-7-13-6-2-3-8-14(13)17/h2-3,6,8,10-11,20H,4-5,7,9H2,1H3,(H2,18,19). The van der Waals surface area contributed by atoms with Crippen LogP contribution in [0.4, 0.5) is 5.82 Å². The number of nitrogens with two attached hydrogens (primary N) is 1. The van der Waals surface area contributed by atoms with E-state index in [-0.39, 0.29) is 0 Å². The van der Waals surface area contributed by atoms with E-state index in [1.807, 2.05) is 31.2 Å². The van der Waals surface area contributed by atoms with Gasteiger partial charge in [0.2, 0.25) is 0 Å². The van der Waals surface area contributed by atoms with Crippen molar-refractivity contribution in [3.05, 3.63) is 58.8 Å². The molecule has 0 saturated carbocycles. The first-order valence-corrected chi connectivity index (χ1v) is 7.14. The molecule has 0 aliphatic heterocycles. The van der Waals surface area contributed by atoms with Crippen molar-refractivity contribution in [3.8, 4) is 0 Å². The molecule has 0 spiro atoms. The summed E-state index contributed by atoms with van der Waals surface area (Å²) in [6.07, 6.45) is 5.53. The highest BCUT2D eigenvalue weighted by atomic mass is 16.3. The van der Waals surface area contributed by atoms with Gasteiger partial charge in [-0.05, 0) is 55.4 Å². The number of aliphatic hydroxyl groups is 1. The monoisotopic (exact) mass is 268 g/mol. The zero-order valence-corrected chi connectivity index (χ0v) is 11.8. The zero-order chi connectivity index (χ0) is 14.2. The highest BCUT2D eigenvalue weighted by Crippen LogP contribution is 2.41. The third kappa shape index (κ3) is 2.08. The molecular formula is C17H20N2O. The Hall–Kier alpha value is -1.87. The SMILES string of the molecule is Cc1cnc(N)c(C2(O)CCCCc3ccccc32)c1. The van der Waals surface area contributed by atoms with E-state index in [1.54, 1.807) is 6.20 Å². The van der Waals surface area contributed by atoms with Crippen molar-refractivity contribution < 1.29 is 5.11 Å². The fourth-order valence-corrected chi connectivity index (χ4v) is 3.16. The minimum Gasteiger partial charge on any atom is -0.383 e. The van der Waals surface area contributed by atoms with Crippen LogP contribution in [-0.2, 0) is 12.0 Å². The van der Waals surface area contributed by atoms with Crippen molar-refractivity contribution in [2.45, 2.75) is 38.2 Å². The van der Waals surface area contributed by atoms with Gasteiger partial charge in [0.15, 0.2) is 0 Å². The quantitative estimate of drug-likeness (QED) is 0.782. The molecule has 3 heteroatoms. The Bertz CT molecular complexity index is 639. The number of hydrogen-bond donors (Lipinski definition) is 2. The fraction of sp³-hybridized carbons (Fsp3) is 0.353. The Morgan fingerprint density at radius 2 is 2.00 bits per heavy atom. The predicted molar refractivity (Wildman–Crippen MR) is 80.4 cm³/mol. The first-order valence-electron chi connectivity index (χ1n) is 7.14. The van der Waals surface area contributed by atoms with Gasteiger partial charge in [0.1, 0.15) is 11.4 Å². The number of nitrogen functional groups attached to an aromatic ring is 1. The second kappa shape index (κ2) is 4.91. The topological polar surface area (TPSA) is 59.1 Å². The van der Waals surface area contributed by atoms with Gasteiger partial charge in [-0.15, -0.1) is 0 Å². The van der Waals surface area contributed by atoms with Gasteiger partial charge in [0, 0.05) is 11.8 Å². The highest BCUT2D eigenvalue weighted by Gasteiger charge is 2.36. The molecule has 1 atom stereocenters. The van der Waals surface area contributed by atoms with E-state index in [0.717, 1.165) is 36.0 Å². The minimum absolute atomic E-state index is 0.426. The van der Waals surface area contributed by atoms with E-state index in [2.05, 4.69) is 11.1 Å². The van der Waals surface area contributed by atoms with E-state index >= 15 is 0 Å². The Morgan fingerprint density at radius 1 is 1.20 bits per heavy atom. The minimum atomic E-state index is -1.02. The molecule has 0 saturated heterocycles. The molecule has 1 heterocycles. The molecule has 1 aromatic carbocycles. The van der Waals surface area contributed by atoms with Gasteiger partial charge >= 0.3 is 0 Å². The van der Waals surface area contributed by atoms with Crippen LogP contribution in [0.2, 0.25) is 0 Å². The maximum atomic E-state index is 11.4. The number of aromatic nitrogens is 1. The molecule has 3 nitrogen and oxygen atoms in total. The molecule has 0 amide bonds. The average molecular weight is 268 g/mol. The van der Waals surface area contributed by atoms with Crippen molar-refractivity contribution >= 4 is 5.82 Å². The largest absolute Gasteiger partial charge is 0.383 e. The van der Waals surface area contributed by atoms with Gasteiger partial charge in [-0.3, -0.25) is 0 Å². The second-order valence-corrected chi connectivity index (χ2v) is 5.67. The molecule has 0 radical (unpaired) electrons. The Morgan fingerprint density at radius 3 is 2.85 bits per heavy atom. The van der Waals surface area contributed by atoms with Crippen molar-refractivity contribution in [3.63, 3.8) is 0 Å². The number of aryl methyl sites for hydroxylation is 2. The van der Waals surface area contributed by atoms with Crippen molar-refractivity contribution in [2.75, 3.05) is 5.73 Å². The number of nitrogens with zero attached hydrogens (tertiary/aromatic N) is 1. The summed E-state index contributed by atoms with van der Waals surface area (Å²) in [5, 5.41) is 11.4. The van der Waals surface area contributed by atoms with Gasteiger partial charge in [0.05, 0.1) is 0 Å². The maximum Gasteiger partial charge on any atom is 0.129 e. The maximum absolute atomic E-state index is 11.4. The summed E-state index contributed by atoms with van der Waals surface area (Å²) in [5.74, 6) is 0.426. The van der Waals surface area contributed by atoms with Crippen LogP contribution in [0.15, 0.2) is 36.5 Å². The number of rotatable bonds is 1. The third-order valence-electron chi connectivity index (χ3n) is 4.20. The van der Waals surface area contributed by atoms with E-state index in [9.17, 15) is 5.11 Å². The molecule has 0 bridgehead atoms. The summed E-state index contributed by atoms with van der Waals surface area (Å²) in [6, 6.07) is 10.1. The normalized spacial score (nSPS) is 22.1. The summed E-state index contributed by atoms with van der Waals surface area (Å²) in [7, 11) is 0. The van der Waals surface area contributed by atoms with Crippen LogP contribution in [0.5, 0.6) is 0 Å². The molecule has 3 rings (SSSR count). The van der Waals surface area contributed by atoms with Crippen LogP contribution >= 0.6 is 0 Å². The van der Waals surface area contributed by atoms with Gasteiger partial charge in [-0.2, -0.15) is 0 Å². The van der Waals surface area contributed by atoms with E-state index in [0.29, 0.717) is 12.2 Å². The smallest absolute Gasteiger partial charge is 0.129 e. The molecule has 1 aromatic heterocycles. The summed E-state index contributed by atoms with van der Waals surface area (Å²) in [4.78, 5) is 4.22. The molecule has 3 N–H and O–H groups in total. The summed E-state index contributed by atoms with van der Waals surface area (Å²) < 4.78 is 0. The van der Waals surface area contributed by atoms with Crippen molar-refractivity contribution in [1.29, 1.82) is 0 Å².